The van der Waals surface area contributed by atoms with Crippen LogP contribution in [-0.4, -0.2) is 57.1 Å². The summed E-state index contributed by atoms with van der Waals surface area (Å²) in [6.07, 6.45) is 3.35. The Labute approximate surface area is 113 Å². The van der Waals surface area contributed by atoms with Crippen molar-refractivity contribution in [3.8, 4) is 0 Å². The van der Waals surface area contributed by atoms with E-state index in [0.717, 1.165) is 32.2 Å². The summed E-state index contributed by atoms with van der Waals surface area (Å²) in [5.74, 6) is -0.273. The molecule has 0 aromatic heterocycles. The molecule has 0 aromatic carbocycles. The smallest absolute Gasteiger partial charge is 0.239 e. The molecule has 0 aromatic rings. The van der Waals surface area contributed by atoms with E-state index < -0.39 is 16.1 Å². The largest absolute Gasteiger partial charge is 0.369 e. The molecule has 5 N–H and O–H groups in total. The van der Waals surface area contributed by atoms with Crippen LogP contribution in [0.3, 0.4) is 0 Å². The standard InChI is InChI=1S/C10H21N5O3S/c1-19(17,18)14-10(12)13-5-4-8(11)9(16)15-6-2-3-7-15/h8H,2-7,11H2,1H3,(H3,12,13,14). The number of carbonyl (C=O) groups excluding carboxylic acids is 1. The zero-order valence-electron chi connectivity index (χ0n) is 11.0. The lowest BCUT2D eigenvalue weighted by Gasteiger charge is -2.19. The van der Waals surface area contributed by atoms with Crippen LogP contribution < -0.4 is 16.2 Å². The van der Waals surface area contributed by atoms with Crippen molar-refractivity contribution in [1.29, 1.82) is 0 Å². The number of hydrogen-bond acceptors (Lipinski definition) is 5. The van der Waals surface area contributed by atoms with E-state index in [1.807, 2.05) is 4.72 Å². The van der Waals surface area contributed by atoms with E-state index in [0.29, 0.717) is 6.42 Å². The molecule has 19 heavy (non-hydrogen) atoms. The first-order valence-electron chi connectivity index (χ1n) is 6.11. The highest BCUT2D eigenvalue weighted by Gasteiger charge is 2.23. The van der Waals surface area contributed by atoms with E-state index in [1.165, 1.54) is 0 Å². The number of rotatable bonds is 5. The van der Waals surface area contributed by atoms with Crippen LogP contribution in [0.1, 0.15) is 19.3 Å². The highest BCUT2D eigenvalue weighted by atomic mass is 32.2. The molecule has 8 nitrogen and oxygen atoms in total. The number of amides is 1. The summed E-state index contributed by atoms with van der Waals surface area (Å²) in [7, 11) is -3.42. The summed E-state index contributed by atoms with van der Waals surface area (Å²) < 4.78 is 23.8. The highest BCUT2D eigenvalue weighted by Crippen LogP contribution is 2.09. The minimum Gasteiger partial charge on any atom is -0.369 e. The van der Waals surface area contributed by atoms with Crippen LogP contribution in [-0.2, 0) is 14.8 Å². The number of carbonyl (C=O) groups is 1. The van der Waals surface area contributed by atoms with Gasteiger partial charge in [-0.2, -0.15) is 0 Å². The molecule has 0 spiro atoms. The molecule has 1 aliphatic heterocycles. The van der Waals surface area contributed by atoms with Gasteiger partial charge in [0.05, 0.1) is 12.3 Å². The van der Waals surface area contributed by atoms with Crippen LogP contribution in [0.5, 0.6) is 0 Å². The van der Waals surface area contributed by atoms with Crippen molar-refractivity contribution in [1.82, 2.24) is 9.62 Å². The number of nitrogens with two attached hydrogens (primary N) is 2. The molecule has 1 fully saturated rings. The molecule has 1 aliphatic rings. The number of sulfonamides is 1. The Morgan fingerprint density at radius 1 is 1.42 bits per heavy atom. The Morgan fingerprint density at radius 3 is 2.53 bits per heavy atom. The summed E-state index contributed by atoms with van der Waals surface area (Å²) >= 11 is 0. The number of likely N-dealkylation sites (tertiary alicyclic amines) is 1. The second-order valence-electron chi connectivity index (χ2n) is 4.57. The molecule has 1 atom stereocenters. The van der Waals surface area contributed by atoms with Crippen molar-refractivity contribution in [3.05, 3.63) is 0 Å². The first-order valence-corrected chi connectivity index (χ1v) is 8.01. The lowest BCUT2D eigenvalue weighted by Crippen LogP contribution is -2.43. The highest BCUT2D eigenvalue weighted by molar-refractivity contribution is 7.89. The number of nitrogens with zero attached hydrogens (tertiary/aromatic N) is 2. The first kappa shape index (κ1) is 15.7. The Bertz CT molecular complexity index is 442. The average Bonchev–Trinajstić information content (AvgIpc) is 2.78. The van der Waals surface area contributed by atoms with E-state index in [9.17, 15) is 13.2 Å². The molecular weight excluding hydrogens is 270 g/mol. The van der Waals surface area contributed by atoms with Crippen LogP contribution in [0, 0.1) is 0 Å². The molecule has 1 rings (SSSR count). The van der Waals surface area contributed by atoms with Crippen LogP contribution in [0.2, 0.25) is 0 Å². The molecule has 9 heteroatoms. The fourth-order valence-corrected chi connectivity index (χ4v) is 2.29. The van der Waals surface area contributed by atoms with Crippen molar-refractivity contribution in [2.24, 2.45) is 16.5 Å². The summed E-state index contributed by atoms with van der Waals surface area (Å²) in [5, 5.41) is 0. The van der Waals surface area contributed by atoms with E-state index in [4.69, 9.17) is 11.5 Å². The van der Waals surface area contributed by atoms with Gasteiger partial charge in [-0.3, -0.25) is 14.5 Å². The minimum atomic E-state index is -3.42. The van der Waals surface area contributed by atoms with Crippen LogP contribution in [0.15, 0.2) is 4.99 Å². The van der Waals surface area contributed by atoms with E-state index in [1.54, 1.807) is 4.90 Å². The van der Waals surface area contributed by atoms with Crippen LogP contribution in [0.25, 0.3) is 0 Å². The van der Waals surface area contributed by atoms with Gasteiger partial charge in [0.15, 0.2) is 0 Å². The normalized spacial score (nSPS) is 18.4. The Kier molecular flexibility index (Phi) is 5.55. The van der Waals surface area contributed by atoms with Gasteiger partial charge in [0.1, 0.15) is 0 Å². The van der Waals surface area contributed by atoms with Gasteiger partial charge in [-0.15, -0.1) is 0 Å². The summed E-state index contributed by atoms with van der Waals surface area (Å²) in [4.78, 5) is 17.4. The maximum Gasteiger partial charge on any atom is 0.239 e. The van der Waals surface area contributed by atoms with Crippen molar-refractivity contribution < 1.29 is 13.2 Å². The summed E-state index contributed by atoms with van der Waals surface area (Å²) in [6, 6.07) is -0.618. The Morgan fingerprint density at radius 2 is 2.00 bits per heavy atom. The SMILES string of the molecule is CS(=O)(=O)NC(N)=NCCC(N)C(=O)N1CCCC1. The maximum absolute atomic E-state index is 11.9. The molecule has 0 aliphatic carbocycles. The molecule has 0 saturated carbocycles. The molecule has 0 bridgehead atoms. The van der Waals surface area contributed by atoms with Gasteiger partial charge < -0.3 is 16.4 Å². The molecular formula is C10H21N5O3S. The van der Waals surface area contributed by atoms with Crippen LogP contribution >= 0.6 is 0 Å². The number of hydrogen-bond donors (Lipinski definition) is 3. The van der Waals surface area contributed by atoms with Gasteiger partial charge in [-0.05, 0) is 19.3 Å². The van der Waals surface area contributed by atoms with Gasteiger partial charge in [-0.1, -0.05) is 0 Å². The fourth-order valence-electron chi connectivity index (χ4n) is 1.84. The zero-order valence-corrected chi connectivity index (χ0v) is 11.8. The lowest BCUT2D eigenvalue weighted by atomic mass is 10.2. The van der Waals surface area contributed by atoms with Crippen molar-refractivity contribution in [3.63, 3.8) is 0 Å². The summed E-state index contributed by atoms with van der Waals surface area (Å²) in [6.45, 7) is 1.72. The van der Waals surface area contributed by atoms with Gasteiger partial charge in [0.2, 0.25) is 21.9 Å². The lowest BCUT2D eigenvalue weighted by molar-refractivity contribution is -0.131. The summed E-state index contributed by atoms with van der Waals surface area (Å²) in [5.41, 5.74) is 11.1. The second kappa shape index (κ2) is 6.71. The molecule has 0 radical (unpaired) electrons. The predicted molar refractivity (Wildman–Crippen MR) is 72.9 cm³/mol. The number of nitrogens with one attached hydrogen (secondary N) is 1. The Hall–Kier alpha value is -1.35. The molecule has 1 saturated heterocycles. The van der Waals surface area contributed by atoms with Crippen molar-refractivity contribution in [2.75, 3.05) is 25.9 Å². The third kappa shape index (κ3) is 5.88. The molecule has 1 heterocycles. The van der Waals surface area contributed by atoms with Crippen molar-refractivity contribution in [2.45, 2.75) is 25.3 Å². The third-order valence-electron chi connectivity index (χ3n) is 2.75. The monoisotopic (exact) mass is 291 g/mol. The molecule has 1 unspecified atom stereocenters. The van der Waals surface area contributed by atoms with E-state index in [2.05, 4.69) is 4.99 Å². The average molecular weight is 291 g/mol. The van der Waals surface area contributed by atoms with Gasteiger partial charge >= 0.3 is 0 Å². The topological polar surface area (TPSA) is 131 Å². The minimum absolute atomic E-state index is 0.0812. The maximum atomic E-state index is 11.9. The van der Waals surface area contributed by atoms with Crippen LogP contribution in [0.4, 0.5) is 0 Å². The van der Waals surface area contributed by atoms with E-state index in [-0.39, 0.29) is 18.4 Å². The van der Waals surface area contributed by atoms with Gasteiger partial charge in [0, 0.05) is 19.6 Å². The fraction of sp³-hybridized carbons (Fsp3) is 0.800. The first-order chi connectivity index (χ1) is 8.79. The zero-order chi connectivity index (χ0) is 14.5. The second-order valence-corrected chi connectivity index (χ2v) is 6.32. The number of guanidine groups is 1. The van der Waals surface area contributed by atoms with Crippen molar-refractivity contribution >= 4 is 21.9 Å². The molecule has 1 amide bonds. The Balaban J connectivity index is 2.35. The van der Waals surface area contributed by atoms with E-state index >= 15 is 0 Å². The number of aliphatic imine (C=N–C) groups is 1. The quantitative estimate of drug-likeness (QED) is 0.406. The van der Waals surface area contributed by atoms with Gasteiger partial charge in [0.25, 0.3) is 0 Å². The van der Waals surface area contributed by atoms with Gasteiger partial charge in [-0.25, -0.2) is 8.42 Å². The third-order valence-corrected chi connectivity index (χ3v) is 3.33. The predicted octanol–water partition coefficient (Wildman–Crippen LogP) is -1.81. The molecule has 110 valence electrons.